The molecule has 2 aromatic rings. The number of aromatic amines is 1. The number of carbonyl (C=O) groups is 1. The lowest BCUT2D eigenvalue weighted by molar-refractivity contribution is 0.0594. The van der Waals surface area contributed by atoms with Gasteiger partial charge in [0.15, 0.2) is 0 Å². The summed E-state index contributed by atoms with van der Waals surface area (Å²) in [6, 6.07) is 8.04. The Morgan fingerprint density at radius 3 is 2.84 bits per heavy atom. The number of hydrogen-bond acceptors (Lipinski definition) is 5. The Kier molecular flexibility index (Phi) is 5.14. The topological polar surface area (TPSA) is 91.5 Å². The molecule has 0 radical (unpaired) electrons. The number of sulfonamides is 1. The normalized spacial score (nSPS) is 18.9. The Morgan fingerprint density at radius 2 is 2.12 bits per heavy atom. The molecule has 1 aromatic heterocycles. The molecular formula is C16H18ClN3O4S. The second-order valence-electron chi connectivity index (χ2n) is 5.60. The number of halogens is 1. The number of rotatable bonds is 4. The third-order valence-corrected chi connectivity index (χ3v) is 6.36. The average Bonchev–Trinajstić information content (AvgIpc) is 3.12. The van der Waals surface area contributed by atoms with Gasteiger partial charge < -0.3 is 15.0 Å². The first-order chi connectivity index (χ1) is 11.9. The van der Waals surface area contributed by atoms with Crippen LogP contribution in [-0.4, -0.2) is 50.4 Å². The van der Waals surface area contributed by atoms with Crippen LogP contribution in [0.2, 0.25) is 5.02 Å². The lowest BCUT2D eigenvalue weighted by Crippen LogP contribution is -2.48. The average molecular weight is 384 g/mol. The molecule has 2 N–H and O–H groups in total. The van der Waals surface area contributed by atoms with Gasteiger partial charge in [0.2, 0.25) is 10.0 Å². The molecule has 25 heavy (non-hydrogen) atoms. The summed E-state index contributed by atoms with van der Waals surface area (Å²) in [5.74, 6) is -0.621. The zero-order valence-electron chi connectivity index (χ0n) is 13.5. The molecule has 1 aliphatic heterocycles. The van der Waals surface area contributed by atoms with Gasteiger partial charge in [0.1, 0.15) is 10.6 Å². The summed E-state index contributed by atoms with van der Waals surface area (Å²) < 4.78 is 32.2. The molecule has 1 saturated heterocycles. The summed E-state index contributed by atoms with van der Waals surface area (Å²) in [6.45, 7) is 1.29. The van der Waals surface area contributed by atoms with Crippen molar-refractivity contribution in [3.05, 3.63) is 52.8 Å². The van der Waals surface area contributed by atoms with Crippen LogP contribution in [0.4, 0.5) is 0 Å². The molecule has 1 atom stereocenters. The molecule has 2 heterocycles. The van der Waals surface area contributed by atoms with E-state index in [0.29, 0.717) is 24.7 Å². The highest BCUT2D eigenvalue weighted by atomic mass is 35.5. The van der Waals surface area contributed by atoms with Crippen molar-refractivity contribution in [2.75, 3.05) is 26.7 Å². The maximum atomic E-state index is 13.1. The molecule has 134 valence electrons. The van der Waals surface area contributed by atoms with E-state index in [4.69, 9.17) is 11.6 Å². The van der Waals surface area contributed by atoms with E-state index in [9.17, 15) is 13.2 Å². The summed E-state index contributed by atoms with van der Waals surface area (Å²) in [4.78, 5) is 14.2. The molecular weight excluding hydrogens is 366 g/mol. The lowest BCUT2D eigenvalue weighted by Gasteiger charge is -2.35. The van der Waals surface area contributed by atoms with Crippen LogP contribution in [0.5, 0.6) is 0 Å². The summed E-state index contributed by atoms with van der Waals surface area (Å²) in [5.41, 5.74) is 0.828. The fourth-order valence-electron chi connectivity index (χ4n) is 2.87. The first-order valence-corrected chi connectivity index (χ1v) is 9.50. The summed E-state index contributed by atoms with van der Waals surface area (Å²) >= 11 is 6.27. The quantitative estimate of drug-likeness (QED) is 0.785. The van der Waals surface area contributed by atoms with Gasteiger partial charge in [0.25, 0.3) is 0 Å². The van der Waals surface area contributed by atoms with Gasteiger partial charge in [-0.25, -0.2) is 13.2 Å². The van der Waals surface area contributed by atoms with Gasteiger partial charge in [-0.2, -0.15) is 4.31 Å². The molecule has 0 saturated carbocycles. The molecule has 0 amide bonds. The van der Waals surface area contributed by atoms with E-state index in [0.717, 1.165) is 5.56 Å². The molecule has 1 fully saturated rings. The van der Waals surface area contributed by atoms with Gasteiger partial charge in [-0.15, -0.1) is 0 Å². The number of carbonyl (C=O) groups excluding carboxylic acids is 1. The molecule has 1 aliphatic rings. The van der Waals surface area contributed by atoms with Crippen LogP contribution >= 0.6 is 11.6 Å². The SMILES string of the molecule is COC(=O)c1cc(S(=O)(=O)N2CCNCC2c2ccccc2Cl)c[nH]1. The number of nitrogens with zero attached hydrogens (tertiary/aromatic N) is 1. The minimum atomic E-state index is -3.80. The molecule has 0 bridgehead atoms. The second kappa shape index (κ2) is 7.17. The Labute approximate surface area is 151 Å². The van der Waals surface area contributed by atoms with Crippen molar-refractivity contribution in [3.63, 3.8) is 0 Å². The fraction of sp³-hybridized carbons (Fsp3) is 0.312. The van der Waals surface area contributed by atoms with Gasteiger partial charge in [-0.05, 0) is 17.7 Å². The molecule has 7 nitrogen and oxygen atoms in total. The second-order valence-corrected chi connectivity index (χ2v) is 7.90. The summed E-state index contributed by atoms with van der Waals surface area (Å²) in [5, 5.41) is 3.71. The van der Waals surface area contributed by atoms with Crippen molar-refractivity contribution in [2.24, 2.45) is 0 Å². The standard InChI is InChI=1S/C16H18ClN3O4S/c1-24-16(21)14-8-11(9-19-14)25(22,23)20-7-6-18-10-15(20)12-4-2-3-5-13(12)17/h2-5,8-9,15,18-19H,6-7,10H2,1H3. The van der Waals surface area contributed by atoms with Crippen molar-refractivity contribution >= 4 is 27.6 Å². The van der Waals surface area contributed by atoms with E-state index < -0.39 is 22.0 Å². The predicted molar refractivity (Wildman–Crippen MR) is 93.1 cm³/mol. The fourth-order valence-corrected chi connectivity index (χ4v) is 4.73. The number of benzene rings is 1. The summed E-state index contributed by atoms with van der Waals surface area (Å²) in [7, 11) is -2.56. The van der Waals surface area contributed by atoms with Gasteiger partial charge in [0, 0.05) is 30.9 Å². The number of piperazine rings is 1. The molecule has 1 unspecified atom stereocenters. The van der Waals surface area contributed by atoms with Gasteiger partial charge >= 0.3 is 5.97 Å². The lowest BCUT2D eigenvalue weighted by atomic mass is 10.1. The Morgan fingerprint density at radius 1 is 1.36 bits per heavy atom. The van der Waals surface area contributed by atoms with E-state index in [2.05, 4.69) is 15.0 Å². The maximum Gasteiger partial charge on any atom is 0.354 e. The van der Waals surface area contributed by atoms with Crippen LogP contribution in [0.25, 0.3) is 0 Å². The van der Waals surface area contributed by atoms with Crippen LogP contribution in [0.15, 0.2) is 41.4 Å². The number of methoxy groups -OCH3 is 1. The first-order valence-electron chi connectivity index (χ1n) is 7.69. The number of esters is 1. The third kappa shape index (κ3) is 3.43. The molecule has 3 rings (SSSR count). The monoisotopic (exact) mass is 383 g/mol. The number of H-pyrrole nitrogens is 1. The third-order valence-electron chi connectivity index (χ3n) is 4.13. The number of ether oxygens (including phenoxy) is 1. The maximum absolute atomic E-state index is 13.1. The van der Waals surface area contributed by atoms with Crippen LogP contribution in [-0.2, 0) is 14.8 Å². The zero-order chi connectivity index (χ0) is 18.0. The molecule has 9 heteroatoms. The smallest absolute Gasteiger partial charge is 0.354 e. The Hall–Kier alpha value is -1.87. The predicted octanol–water partition coefficient (Wildman–Crippen LogP) is 1.79. The van der Waals surface area contributed by atoms with E-state index in [1.807, 2.05) is 12.1 Å². The minimum absolute atomic E-state index is 0.0202. The van der Waals surface area contributed by atoms with Crippen LogP contribution < -0.4 is 5.32 Å². The van der Waals surface area contributed by atoms with Gasteiger partial charge in [0.05, 0.1) is 13.2 Å². The molecule has 1 aromatic carbocycles. The van der Waals surface area contributed by atoms with Crippen LogP contribution in [0, 0.1) is 0 Å². The Balaban J connectivity index is 1.98. The zero-order valence-corrected chi connectivity index (χ0v) is 15.1. The van der Waals surface area contributed by atoms with Crippen molar-refractivity contribution < 1.29 is 17.9 Å². The number of aromatic nitrogens is 1. The molecule has 0 aliphatic carbocycles. The van der Waals surface area contributed by atoms with Crippen molar-refractivity contribution in [1.29, 1.82) is 0 Å². The highest BCUT2D eigenvalue weighted by Gasteiger charge is 2.36. The van der Waals surface area contributed by atoms with Gasteiger partial charge in [-0.3, -0.25) is 0 Å². The first kappa shape index (κ1) is 17.9. The van der Waals surface area contributed by atoms with E-state index >= 15 is 0 Å². The van der Waals surface area contributed by atoms with Crippen molar-refractivity contribution in [2.45, 2.75) is 10.9 Å². The van der Waals surface area contributed by atoms with Crippen LogP contribution in [0.3, 0.4) is 0 Å². The summed E-state index contributed by atoms with van der Waals surface area (Å²) in [6.07, 6.45) is 1.30. The Bertz CT molecular complexity index is 881. The van der Waals surface area contributed by atoms with E-state index in [1.54, 1.807) is 12.1 Å². The van der Waals surface area contributed by atoms with Gasteiger partial charge in [-0.1, -0.05) is 29.8 Å². The van der Waals surface area contributed by atoms with Crippen molar-refractivity contribution in [1.82, 2.24) is 14.6 Å². The minimum Gasteiger partial charge on any atom is -0.464 e. The molecule has 0 spiro atoms. The van der Waals surface area contributed by atoms with Crippen LogP contribution in [0.1, 0.15) is 22.1 Å². The highest BCUT2D eigenvalue weighted by Crippen LogP contribution is 2.32. The van der Waals surface area contributed by atoms with E-state index in [1.165, 1.54) is 23.7 Å². The largest absolute Gasteiger partial charge is 0.464 e. The number of hydrogen-bond donors (Lipinski definition) is 2. The van der Waals surface area contributed by atoms with Crippen molar-refractivity contribution in [3.8, 4) is 0 Å². The number of nitrogens with one attached hydrogen (secondary N) is 2. The van der Waals surface area contributed by atoms with E-state index in [-0.39, 0.29) is 10.6 Å². The highest BCUT2D eigenvalue weighted by molar-refractivity contribution is 7.89.